The number of nitrogens with one attached hydrogen (secondary N) is 1. The fraction of sp³-hybridized carbons (Fsp3) is 0.533. The van der Waals surface area contributed by atoms with E-state index in [2.05, 4.69) is 19.7 Å². The molecule has 1 aromatic heterocycles. The first-order valence-corrected chi connectivity index (χ1v) is 18.0. The number of thiazole rings is 1. The Bertz CT molecular complexity index is 1920. The number of nitrogens with two attached hydrogens (primary N) is 3. The Morgan fingerprint density at radius 3 is 2.58 bits per heavy atom. The lowest BCUT2D eigenvalue weighted by molar-refractivity contribution is -0.218. The number of benzene rings is 1. The number of oxime groups is 1. The third-order valence-electron chi connectivity index (χ3n) is 9.80. The molecule has 1 unspecified atom stereocenters. The molecule has 3 aliphatic carbocycles. The molecule has 270 valence electrons. The average Bonchev–Trinajstić information content (AvgIpc) is 3.46. The van der Waals surface area contributed by atoms with Gasteiger partial charge >= 0.3 is 16.4 Å². The first kappa shape index (κ1) is 35.5. The predicted octanol–water partition coefficient (Wildman–Crippen LogP) is 0.642. The highest BCUT2D eigenvalue weighted by Crippen LogP contribution is 2.53. The van der Waals surface area contributed by atoms with Crippen molar-refractivity contribution in [2.45, 2.75) is 100 Å². The first-order valence-electron chi connectivity index (χ1n) is 15.7. The number of aliphatic imine (C=N–C) groups is 1. The Balaban J connectivity index is 1.20. The number of anilines is 1. The molecular weight excluding hydrogens is 697 g/mol. The second kappa shape index (κ2) is 12.1. The zero-order chi connectivity index (χ0) is 36.4. The minimum absolute atomic E-state index is 0.0603. The van der Waals surface area contributed by atoms with Crippen LogP contribution in [0.25, 0.3) is 0 Å². The maximum Gasteiger partial charge on any atom is 0.418 e. The molecule has 2 amide bonds. The number of carbonyl (C=O) groups is 3. The van der Waals surface area contributed by atoms with Crippen LogP contribution in [0, 0.1) is 0 Å². The van der Waals surface area contributed by atoms with E-state index in [1.807, 2.05) is 6.07 Å². The largest absolute Gasteiger partial charge is 0.485 e. The minimum atomic E-state index is -5.03. The zero-order valence-corrected chi connectivity index (χ0v) is 29.0. The van der Waals surface area contributed by atoms with Gasteiger partial charge in [0.05, 0.1) is 11.1 Å². The standard InChI is InChI=1S/C30H38N8O10S2/c1-27(2)21(24(40)38(27)48-50(43,44)45)35-23(39)20(17-12-49-26(32)34-17)37-47-28(3,25(41)42)19-8-6-15-11-16(5-7-18(15)46-19)22(31)36-30-10-4-9-29(33,13-30)14-30/h5,7,11-12,19,21H,4,6,8-10,13-14,33H2,1-3H3,(H2,31,36)(H2,32,34)(H,35,39)(H,41,42)(H,43,44,45)/b37-20-/t19-,21-,28?,29?,30?/m1/s1. The van der Waals surface area contributed by atoms with Crippen LogP contribution in [-0.4, -0.2) is 91.8 Å². The van der Waals surface area contributed by atoms with Gasteiger partial charge in [0.1, 0.15) is 23.3 Å². The van der Waals surface area contributed by atoms with Gasteiger partial charge in [-0.1, -0.05) is 5.16 Å². The van der Waals surface area contributed by atoms with E-state index in [1.165, 1.54) is 26.2 Å². The number of hydrogen-bond acceptors (Lipinski definition) is 14. The molecule has 3 atom stereocenters. The summed E-state index contributed by atoms with van der Waals surface area (Å²) < 4.78 is 41.8. The van der Waals surface area contributed by atoms with Crippen LogP contribution in [0.2, 0.25) is 0 Å². The van der Waals surface area contributed by atoms with Crippen LogP contribution in [0.15, 0.2) is 33.7 Å². The molecule has 2 bridgehead atoms. The van der Waals surface area contributed by atoms with E-state index in [0.29, 0.717) is 23.1 Å². The van der Waals surface area contributed by atoms with Gasteiger partial charge in [0.2, 0.25) is 0 Å². The number of nitrogens with zero attached hydrogens (tertiary/aromatic N) is 4. The number of carbonyl (C=O) groups excluding carboxylic acids is 2. The van der Waals surface area contributed by atoms with Crippen molar-refractivity contribution in [1.29, 1.82) is 0 Å². The van der Waals surface area contributed by atoms with Gasteiger partial charge in [-0.25, -0.2) is 9.78 Å². The summed E-state index contributed by atoms with van der Waals surface area (Å²) in [6, 6.07) is 3.98. The highest BCUT2D eigenvalue weighted by molar-refractivity contribution is 7.80. The fourth-order valence-corrected chi connectivity index (χ4v) is 8.17. The van der Waals surface area contributed by atoms with Crippen molar-refractivity contribution < 1.29 is 46.3 Å². The van der Waals surface area contributed by atoms with Crippen molar-refractivity contribution in [3.05, 3.63) is 40.4 Å². The van der Waals surface area contributed by atoms with E-state index >= 15 is 0 Å². The summed E-state index contributed by atoms with van der Waals surface area (Å²) >= 11 is 0.967. The van der Waals surface area contributed by atoms with Crippen LogP contribution >= 0.6 is 11.3 Å². The molecule has 0 radical (unpaired) electrons. The van der Waals surface area contributed by atoms with E-state index < -0.39 is 57.2 Å². The third kappa shape index (κ3) is 6.48. The Labute approximate surface area is 290 Å². The lowest BCUT2D eigenvalue weighted by Gasteiger charge is -2.56. The van der Waals surface area contributed by atoms with Gasteiger partial charge in [-0.05, 0) is 89.5 Å². The number of amides is 2. The normalized spacial score (nSPS) is 28.7. The molecule has 4 fully saturated rings. The van der Waals surface area contributed by atoms with Crippen molar-refractivity contribution >= 4 is 56.2 Å². The number of β-lactam (4-membered cyclic amide) rings is 1. The summed E-state index contributed by atoms with van der Waals surface area (Å²) in [5.74, 6) is -2.61. The topological polar surface area (TPSA) is 284 Å². The van der Waals surface area contributed by atoms with Crippen LogP contribution < -0.4 is 27.3 Å². The maximum absolute atomic E-state index is 13.5. The van der Waals surface area contributed by atoms with Gasteiger partial charge in [0.15, 0.2) is 16.9 Å². The maximum atomic E-state index is 13.5. The van der Waals surface area contributed by atoms with Crippen molar-refractivity contribution in [1.82, 2.24) is 15.4 Å². The lowest BCUT2D eigenvalue weighted by atomic mass is 9.55. The van der Waals surface area contributed by atoms with Crippen LogP contribution in [0.3, 0.4) is 0 Å². The van der Waals surface area contributed by atoms with Gasteiger partial charge < -0.3 is 37.2 Å². The number of amidine groups is 1. The fourth-order valence-electron chi connectivity index (χ4n) is 7.17. The first-order chi connectivity index (χ1) is 23.2. The van der Waals surface area contributed by atoms with Crippen molar-refractivity contribution in [3.8, 4) is 5.75 Å². The molecular formula is C30H38N8O10S2. The van der Waals surface area contributed by atoms with E-state index in [-0.39, 0.29) is 28.3 Å². The smallest absolute Gasteiger partial charge is 0.418 e. The molecule has 9 N–H and O–H groups in total. The Hall–Kier alpha value is -4.37. The van der Waals surface area contributed by atoms with Gasteiger partial charge in [-0.3, -0.25) is 19.1 Å². The number of rotatable bonds is 11. The number of carboxylic acids is 1. The molecule has 0 spiro atoms. The van der Waals surface area contributed by atoms with Crippen molar-refractivity contribution in [2.75, 3.05) is 5.73 Å². The predicted molar refractivity (Wildman–Crippen MR) is 178 cm³/mol. The Morgan fingerprint density at radius 1 is 1.26 bits per heavy atom. The van der Waals surface area contributed by atoms with E-state index in [0.717, 1.165) is 54.6 Å². The second-order valence-corrected chi connectivity index (χ2v) is 15.9. The number of ether oxygens (including phenoxy) is 1. The summed E-state index contributed by atoms with van der Waals surface area (Å²) in [6.45, 7) is 4.00. The molecule has 7 rings (SSSR count). The Morgan fingerprint density at radius 2 is 1.98 bits per heavy atom. The van der Waals surface area contributed by atoms with Crippen molar-refractivity contribution in [2.24, 2.45) is 21.6 Å². The summed E-state index contributed by atoms with van der Waals surface area (Å²) in [4.78, 5) is 53.3. The molecule has 50 heavy (non-hydrogen) atoms. The number of fused-ring (bicyclic) bond motifs is 3. The van der Waals surface area contributed by atoms with E-state index in [1.54, 1.807) is 12.1 Å². The van der Waals surface area contributed by atoms with E-state index in [9.17, 15) is 27.9 Å². The van der Waals surface area contributed by atoms with Crippen LogP contribution in [-0.2, 0) is 40.3 Å². The highest BCUT2D eigenvalue weighted by Gasteiger charge is 2.58. The molecule has 1 saturated heterocycles. The summed E-state index contributed by atoms with van der Waals surface area (Å²) in [5, 5.41) is 18.4. The molecule has 1 aromatic carbocycles. The van der Waals surface area contributed by atoms with Crippen LogP contribution in [0.5, 0.6) is 5.75 Å². The zero-order valence-electron chi connectivity index (χ0n) is 27.4. The number of hydrogen-bond donors (Lipinski definition) is 6. The Kier molecular flexibility index (Phi) is 8.61. The SMILES string of the molecule is CC(O/N=C(\C(=O)N[C@@H]1C(=O)N(OS(=O)(=O)O)C1(C)C)c1csc(N)n1)(C(=O)O)[C@H]1CCc2cc(C(N)=NC34CCCC(N)(C3)C4)ccc2O1. The number of aromatic nitrogens is 1. The summed E-state index contributed by atoms with van der Waals surface area (Å²) in [6.07, 6.45) is 4.12. The molecule has 3 heterocycles. The van der Waals surface area contributed by atoms with Gasteiger partial charge in [-0.15, -0.1) is 15.6 Å². The van der Waals surface area contributed by atoms with Gasteiger partial charge in [-0.2, -0.15) is 13.5 Å². The number of aliphatic carboxylic acids is 1. The quantitative estimate of drug-likeness (QED) is 0.0608. The number of carboxylic acid groups (broad SMARTS) is 1. The summed E-state index contributed by atoms with van der Waals surface area (Å²) in [7, 11) is -5.03. The molecule has 3 saturated carbocycles. The van der Waals surface area contributed by atoms with Gasteiger partial charge in [0, 0.05) is 16.5 Å². The summed E-state index contributed by atoms with van der Waals surface area (Å²) in [5.41, 5.74) is 15.6. The van der Waals surface area contributed by atoms with Gasteiger partial charge in [0.25, 0.3) is 17.4 Å². The monoisotopic (exact) mass is 734 g/mol. The number of aryl methyl sites for hydroxylation is 1. The molecule has 2 aromatic rings. The van der Waals surface area contributed by atoms with Crippen LogP contribution in [0.4, 0.5) is 5.13 Å². The molecule has 20 heteroatoms. The molecule has 18 nitrogen and oxygen atoms in total. The molecule has 2 aliphatic heterocycles. The van der Waals surface area contributed by atoms with E-state index in [4.69, 9.17) is 36.3 Å². The minimum Gasteiger partial charge on any atom is -0.485 e. The van der Waals surface area contributed by atoms with Crippen molar-refractivity contribution in [3.63, 3.8) is 0 Å². The molecule has 5 aliphatic rings. The highest BCUT2D eigenvalue weighted by atomic mass is 32.3. The average molecular weight is 735 g/mol. The lowest BCUT2D eigenvalue weighted by Crippen LogP contribution is -2.76. The number of nitrogen functional groups attached to an aromatic ring is 1. The third-order valence-corrected chi connectivity index (χ3v) is 10.8. The van der Waals surface area contributed by atoms with Crippen LogP contribution in [0.1, 0.15) is 76.1 Å². The number of hydroxylamine groups is 2. The second-order valence-electron chi connectivity index (χ2n) is 14.0.